The van der Waals surface area contributed by atoms with Crippen molar-refractivity contribution < 1.29 is 13.9 Å². The fourth-order valence-electron chi connectivity index (χ4n) is 3.48. The Bertz CT molecular complexity index is 821. The number of halogens is 1. The molecule has 1 aliphatic heterocycles. The van der Waals surface area contributed by atoms with E-state index in [1.165, 1.54) is 12.3 Å². The fourth-order valence-corrected chi connectivity index (χ4v) is 3.48. The van der Waals surface area contributed by atoms with Crippen LogP contribution in [0.15, 0.2) is 36.7 Å². The summed E-state index contributed by atoms with van der Waals surface area (Å²) in [5.74, 6) is 0.783. The van der Waals surface area contributed by atoms with E-state index in [-0.39, 0.29) is 17.9 Å². The number of likely N-dealkylation sites (tertiary alicyclic amines) is 1. The Labute approximate surface area is 183 Å². The van der Waals surface area contributed by atoms with Gasteiger partial charge in [-0.3, -0.25) is 9.97 Å². The number of aromatic nitrogens is 2. The van der Waals surface area contributed by atoms with Crippen LogP contribution in [0, 0.1) is 11.7 Å². The first kappa shape index (κ1) is 22.9. The van der Waals surface area contributed by atoms with Gasteiger partial charge >= 0.3 is 6.03 Å². The Balaban J connectivity index is 1.61. The van der Waals surface area contributed by atoms with Crippen LogP contribution >= 0.6 is 0 Å². The van der Waals surface area contributed by atoms with E-state index in [0.29, 0.717) is 31.3 Å². The lowest BCUT2D eigenvalue weighted by atomic mass is 10.0. The monoisotopic (exact) mass is 429 g/mol. The quantitative estimate of drug-likeness (QED) is 0.696. The number of hydrogen-bond acceptors (Lipinski definition) is 5. The van der Waals surface area contributed by atoms with Crippen molar-refractivity contribution in [1.82, 2.24) is 25.1 Å². The van der Waals surface area contributed by atoms with E-state index < -0.39 is 0 Å². The van der Waals surface area contributed by atoms with Crippen LogP contribution in [-0.4, -0.2) is 58.6 Å². The molecule has 2 amide bonds. The smallest absolute Gasteiger partial charge is 0.318 e. The van der Waals surface area contributed by atoms with Gasteiger partial charge in [0.25, 0.3) is 0 Å². The number of amides is 2. The van der Waals surface area contributed by atoms with Gasteiger partial charge < -0.3 is 19.9 Å². The number of nitrogens with one attached hydrogen (secondary N) is 1. The summed E-state index contributed by atoms with van der Waals surface area (Å²) in [4.78, 5) is 25.7. The molecule has 0 aromatic carbocycles. The van der Waals surface area contributed by atoms with Gasteiger partial charge in [-0.2, -0.15) is 0 Å². The van der Waals surface area contributed by atoms with Crippen molar-refractivity contribution >= 4 is 6.03 Å². The highest BCUT2D eigenvalue weighted by molar-refractivity contribution is 5.74. The van der Waals surface area contributed by atoms with Gasteiger partial charge in [0.2, 0.25) is 0 Å². The van der Waals surface area contributed by atoms with Crippen molar-refractivity contribution in [2.75, 3.05) is 26.7 Å². The number of carbonyl (C=O) groups excluding carboxylic acids is 1. The number of piperidine rings is 1. The lowest BCUT2D eigenvalue weighted by Crippen LogP contribution is -2.49. The van der Waals surface area contributed by atoms with Crippen molar-refractivity contribution in [2.45, 2.75) is 45.8 Å². The minimum Gasteiger partial charge on any atom is -0.492 e. The van der Waals surface area contributed by atoms with Crippen molar-refractivity contribution in [1.29, 1.82) is 0 Å². The molecule has 31 heavy (non-hydrogen) atoms. The molecule has 0 radical (unpaired) electrons. The lowest BCUT2D eigenvalue weighted by Gasteiger charge is -2.37. The molecule has 1 saturated heterocycles. The van der Waals surface area contributed by atoms with E-state index >= 15 is 0 Å². The zero-order valence-corrected chi connectivity index (χ0v) is 18.6. The van der Waals surface area contributed by atoms with Crippen LogP contribution in [-0.2, 0) is 13.1 Å². The zero-order chi connectivity index (χ0) is 22.2. The van der Waals surface area contributed by atoms with E-state index in [2.05, 4.69) is 41.1 Å². The first-order valence-electron chi connectivity index (χ1n) is 10.8. The number of rotatable bonds is 8. The third kappa shape index (κ3) is 7.17. The summed E-state index contributed by atoms with van der Waals surface area (Å²) < 4.78 is 18.9. The Kier molecular flexibility index (Phi) is 8.17. The van der Waals surface area contributed by atoms with E-state index in [0.717, 1.165) is 37.4 Å². The minimum atomic E-state index is -0.383. The third-order valence-electron chi connectivity index (χ3n) is 5.31. The van der Waals surface area contributed by atoms with Gasteiger partial charge in [-0.25, -0.2) is 9.18 Å². The zero-order valence-electron chi connectivity index (χ0n) is 18.6. The average Bonchev–Trinajstić information content (AvgIpc) is 2.77. The molecule has 3 rings (SSSR count). The number of nitrogens with zero attached hydrogens (tertiary/aromatic N) is 4. The first-order valence-corrected chi connectivity index (χ1v) is 10.8. The highest BCUT2D eigenvalue weighted by Crippen LogP contribution is 2.18. The summed E-state index contributed by atoms with van der Waals surface area (Å²) in [5, 5.41) is 2.98. The maximum Gasteiger partial charge on any atom is 0.318 e. The van der Waals surface area contributed by atoms with Gasteiger partial charge in [0.15, 0.2) is 0 Å². The summed E-state index contributed by atoms with van der Waals surface area (Å²) in [5.41, 5.74) is 1.42. The van der Waals surface area contributed by atoms with Crippen LogP contribution in [0.1, 0.15) is 38.1 Å². The molecule has 2 aromatic rings. The number of carbonyl (C=O) groups is 1. The van der Waals surface area contributed by atoms with Gasteiger partial charge in [0, 0.05) is 6.04 Å². The molecule has 0 saturated carbocycles. The molecule has 8 heteroatoms. The van der Waals surface area contributed by atoms with Crippen LogP contribution in [0.4, 0.5) is 9.18 Å². The molecular weight excluding hydrogens is 397 g/mol. The summed E-state index contributed by atoms with van der Waals surface area (Å²) in [6.45, 7) is 7.36. The molecule has 1 N–H and O–H groups in total. The average molecular weight is 430 g/mol. The lowest BCUT2D eigenvalue weighted by molar-refractivity contribution is 0.126. The van der Waals surface area contributed by atoms with E-state index in [9.17, 15) is 9.18 Å². The molecule has 1 fully saturated rings. The Morgan fingerprint density at radius 3 is 2.52 bits per heavy atom. The predicted molar refractivity (Wildman–Crippen MR) is 117 cm³/mol. The summed E-state index contributed by atoms with van der Waals surface area (Å²) in [6.07, 6.45) is 4.66. The van der Waals surface area contributed by atoms with Crippen LogP contribution in [0.2, 0.25) is 0 Å². The maximum atomic E-state index is 13.2. The second-order valence-corrected chi connectivity index (χ2v) is 8.48. The topological polar surface area (TPSA) is 70.6 Å². The molecule has 0 unspecified atom stereocenters. The fraction of sp³-hybridized carbons (Fsp3) is 0.522. The van der Waals surface area contributed by atoms with Gasteiger partial charge in [-0.15, -0.1) is 0 Å². The van der Waals surface area contributed by atoms with E-state index in [4.69, 9.17) is 4.74 Å². The second-order valence-electron chi connectivity index (χ2n) is 8.48. The maximum absolute atomic E-state index is 13.2. The number of pyridine rings is 2. The number of urea groups is 1. The molecule has 3 heterocycles. The highest BCUT2D eigenvalue weighted by atomic mass is 19.1. The molecule has 168 valence electrons. The normalized spacial score (nSPS) is 15.1. The number of hydrogen-bond donors (Lipinski definition) is 1. The largest absolute Gasteiger partial charge is 0.492 e. The summed E-state index contributed by atoms with van der Waals surface area (Å²) >= 11 is 0. The molecule has 1 aliphatic rings. The summed E-state index contributed by atoms with van der Waals surface area (Å²) in [6, 6.07) is 6.68. The van der Waals surface area contributed by atoms with Crippen molar-refractivity contribution in [2.24, 2.45) is 5.92 Å². The van der Waals surface area contributed by atoms with Crippen molar-refractivity contribution in [3.05, 3.63) is 53.9 Å². The Morgan fingerprint density at radius 1 is 1.19 bits per heavy atom. The molecule has 0 aliphatic carbocycles. The van der Waals surface area contributed by atoms with Gasteiger partial charge in [-0.1, -0.05) is 13.8 Å². The molecule has 0 bridgehead atoms. The van der Waals surface area contributed by atoms with Gasteiger partial charge in [-0.05, 0) is 63.2 Å². The molecular formula is C23H32FN5O2. The SMILES string of the molecule is CC(C)COc1ccc(CNC(=O)N(Cc2ccc(F)cn2)C2CCN(C)CC2)nc1. The first-order chi connectivity index (χ1) is 14.9. The highest BCUT2D eigenvalue weighted by Gasteiger charge is 2.27. The standard InChI is InChI=1S/C23H32FN5O2/c1-17(2)16-31-22-7-6-19(26-14-22)13-27-23(30)29(21-8-10-28(3)11-9-21)15-20-5-4-18(24)12-25-20/h4-7,12,14,17,21H,8-11,13,15-16H2,1-3H3,(H,27,30). The van der Waals surface area contributed by atoms with Gasteiger partial charge in [0.05, 0.1) is 43.5 Å². The van der Waals surface area contributed by atoms with Crippen LogP contribution < -0.4 is 10.1 Å². The number of ether oxygens (including phenoxy) is 1. The third-order valence-corrected chi connectivity index (χ3v) is 5.31. The molecule has 7 nitrogen and oxygen atoms in total. The molecule has 2 aromatic heterocycles. The minimum absolute atomic E-state index is 0.114. The molecule has 0 spiro atoms. The Morgan fingerprint density at radius 2 is 1.90 bits per heavy atom. The summed E-state index contributed by atoms with van der Waals surface area (Å²) in [7, 11) is 2.09. The van der Waals surface area contributed by atoms with E-state index in [1.807, 2.05) is 17.0 Å². The Hall–Kier alpha value is -2.74. The van der Waals surface area contributed by atoms with Crippen molar-refractivity contribution in [3.8, 4) is 5.75 Å². The van der Waals surface area contributed by atoms with Crippen LogP contribution in [0.5, 0.6) is 5.75 Å². The van der Waals surface area contributed by atoms with Crippen LogP contribution in [0.25, 0.3) is 0 Å². The van der Waals surface area contributed by atoms with Crippen molar-refractivity contribution in [3.63, 3.8) is 0 Å². The van der Waals surface area contributed by atoms with E-state index in [1.54, 1.807) is 12.3 Å². The predicted octanol–water partition coefficient (Wildman–Crippen LogP) is 3.46. The van der Waals surface area contributed by atoms with Gasteiger partial charge in [0.1, 0.15) is 11.6 Å². The van der Waals surface area contributed by atoms with Crippen LogP contribution in [0.3, 0.4) is 0 Å². The second kappa shape index (κ2) is 11.0. The molecule has 0 atom stereocenters.